The zero-order valence-electron chi connectivity index (χ0n) is 11.9. The van der Waals surface area contributed by atoms with E-state index in [9.17, 15) is 4.79 Å². The van der Waals surface area contributed by atoms with E-state index in [2.05, 4.69) is 53.8 Å². The molecule has 0 atom stereocenters. The van der Waals surface area contributed by atoms with Crippen LogP contribution in [0.2, 0.25) is 0 Å². The largest absolute Gasteiger partial charge is 0.309 e. The maximum Gasteiger partial charge on any atom is 0.126 e. The second-order valence-corrected chi connectivity index (χ2v) is 4.48. The smallest absolute Gasteiger partial charge is 0.126 e. The Morgan fingerprint density at radius 2 is 1.10 bits per heavy atom. The Labute approximate surface area is 135 Å². The Kier molecular flexibility index (Phi) is 10.8. The fourth-order valence-corrected chi connectivity index (χ4v) is 1.54. The molecular formula is C17H21NOPd. The van der Waals surface area contributed by atoms with Crippen LogP contribution < -0.4 is 5.32 Å². The number of hydrogen-bond acceptors (Lipinski definition) is 2. The summed E-state index contributed by atoms with van der Waals surface area (Å²) in [4.78, 5) is 9.44. The summed E-state index contributed by atoms with van der Waals surface area (Å²) >= 11 is 0. The van der Waals surface area contributed by atoms with E-state index in [0.29, 0.717) is 0 Å². The molecule has 3 heteroatoms. The van der Waals surface area contributed by atoms with Crippen molar-refractivity contribution in [2.24, 2.45) is 0 Å². The molecule has 0 saturated heterocycles. The molecule has 0 aromatic heterocycles. The van der Waals surface area contributed by atoms with Crippen LogP contribution in [0.1, 0.15) is 25.0 Å². The molecule has 110 valence electrons. The maximum atomic E-state index is 9.44. The summed E-state index contributed by atoms with van der Waals surface area (Å²) in [7, 11) is 0. The number of Topliss-reactive ketones (excluding diaryl/α,β-unsaturated/α-hetero) is 1. The molecule has 2 rings (SSSR count). The van der Waals surface area contributed by atoms with Crippen molar-refractivity contribution in [3.05, 3.63) is 71.8 Å². The first kappa shape index (κ1) is 18.7. The maximum absolute atomic E-state index is 9.44. The predicted molar refractivity (Wildman–Crippen MR) is 79.8 cm³/mol. The summed E-state index contributed by atoms with van der Waals surface area (Å²) in [6.45, 7) is 4.91. The molecule has 20 heavy (non-hydrogen) atoms. The predicted octanol–water partition coefficient (Wildman–Crippen LogP) is 3.57. The first-order chi connectivity index (χ1) is 9.18. The SMILES string of the molecule is CC(C)=O.[Pd].c1ccc(CNCc2ccccc2)cc1. The van der Waals surface area contributed by atoms with Gasteiger partial charge >= 0.3 is 0 Å². The average Bonchev–Trinajstić information content (AvgIpc) is 2.41. The molecule has 0 spiro atoms. The summed E-state index contributed by atoms with van der Waals surface area (Å²) in [5, 5.41) is 3.42. The number of ketones is 1. The normalized spacial score (nSPS) is 8.90. The molecule has 0 amide bonds. The Morgan fingerprint density at radius 3 is 1.40 bits per heavy atom. The van der Waals surface area contributed by atoms with Crippen molar-refractivity contribution in [1.82, 2.24) is 5.32 Å². The van der Waals surface area contributed by atoms with Gasteiger partial charge in [0.05, 0.1) is 0 Å². The van der Waals surface area contributed by atoms with E-state index >= 15 is 0 Å². The summed E-state index contributed by atoms with van der Waals surface area (Å²) in [5.41, 5.74) is 2.65. The first-order valence-corrected chi connectivity index (χ1v) is 6.44. The molecule has 0 unspecified atom stereocenters. The van der Waals surface area contributed by atoms with Crippen LogP contribution >= 0.6 is 0 Å². The fourth-order valence-electron chi connectivity index (χ4n) is 1.54. The second kappa shape index (κ2) is 11.6. The Hall–Kier alpha value is -1.27. The van der Waals surface area contributed by atoms with Crippen molar-refractivity contribution in [3.63, 3.8) is 0 Å². The third-order valence-electron chi connectivity index (χ3n) is 2.34. The van der Waals surface area contributed by atoms with Crippen LogP contribution in [0.3, 0.4) is 0 Å². The zero-order chi connectivity index (χ0) is 13.9. The first-order valence-electron chi connectivity index (χ1n) is 6.44. The van der Waals surface area contributed by atoms with Gasteiger partial charge in [0.1, 0.15) is 5.78 Å². The molecule has 0 bridgehead atoms. The van der Waals surface area contributed by atoms with E-state index in [0.717, 1.165) is 13.1 Å². The van der Waals surface area contributed by atoms with Gasteiger partial charge in [-0.15, -0.1) is 0 Å². The monoisotopic (exact) mass is 361 g/mol. The number of benzene rings is 2. The molecule has 0 heterocycles. The summed E-state index contributed by atoms with van der Waals surface area (Å²) in [6.07, 6.45) is 0. The number of carbonyl (C=O) groups excluding carboxylic acids is 1. The van der Waals surface area contributed by atoms with Gasteiger partial charge in [-0.2, -0.15) is 0 Å². The third-order valence-corrected chi connectivity index (χ3v) is 2.34. The van der Waals surface area contributed by atoms with Gasteiger partial charge in [-0.3, -0.25) is 0 Å². The van der Waals surface area contributed by atoms with E-state index in [-0.39, 0.29) is 26.2 Å². The van der Waals surface area contributed by atoms with Crippen LogP contribution in [0.5, 0.6) is 0 Å². The molecule has 0 saturated carbocycles. The van der Waals surface area contributed by atoms with Crippen molar-refractivity contribution in [3.8, 4) is 0 Å². The van der Waals surface area contributed by atoms with E-state index in [1.807, 2.05) is 12.1 Å². The van der Waals surface area contributed by atoms with Gasteiger partial charge in [-0.25, -0.2) is 0 Å². The number of rotatable bonds is 4. The summed E-state index contributed by atoms with van der Waals surface area (Å²) < 4.78 is 0. The Bertz CT molecular complexity index is 427. The van der Waals surface area contributed by atoms with Crippen molar-refractivity contribution in [2.75, 3.05) is 0 Å². The van der Waals surface area contributed by atoms with Crippen molar-refractivity contribution in [1.29, 1.82) is 0 Å². The molecule has 0 fully saturated rings. The minimum Gasteiger partial charge on any atom is -0.309 e. The topological polar surface area (TPSA) is 29.1 Å². The van der Waals surface area contributed by atoms with Gasteiger partial charge in [0.15, 0.2) is 0 Å². The van der Waals surface area contributed by atoms with Crippen molar-refractivity contribution >= 4 is 5.78 Å². The number of nitrogens with one attached hydrogen (secondary N) is 1. The second-order valence-electron chi connectivity index (χ2n) is 4.48. The van der Waals surface area contributed by atoms with E-state index in [4.69, 9.17) is 0 Å². The minimum atomic E-state index is 0. The summed E-state index contributed by atoms with van der Waals surface area (Å²) in [6, 6.07) is 20.9. The number of hydrogen-bond donors (Lipinski definition) is 1. The standard InChI is InChI=1S/C14H15N.C3H6O.Pd/c1-3-7-13(8-4-1)11-15-12-14-9-5-2-6-10-14;1-3(2)4;/h1-10,15H,11-12H2;1-2H3;. The third kappa shape index (κ3) is 9.63. The molecular weight excluding hydrogens is 341 g/mol. The Morgan fingerprint density at radius 1 is 0.800 bits per heavy atom. The fraction of sp³-hybridized carbons (Fsp3) is 0.235. The van der Waals surface area contributed by atoms with Crippen molar-refractivity contribution < 1.29 is 25.2 Å². The van der Waals surface area contributed by atoms with E-state index < -0.39 is 0 Å². The van der Waals surface area contributed by atoms with Crippen LogP contribution in [0.4, 0.5) is 0 Å². The van der Waals surface area contributed by atoms with Gasteiger partial charge in [0, 0.05) is 33.5 Å². The molecule has 2 aromatic carbocycles. The van der Waals surface area contributed by atoms with Gasteiger partial charge in [0.2, 0.25) is 0 Å². The molecule has 0 aliphatic heterocycles. The molecule has 2 nitrogen and oxygen atoms in total. The van der Waals surface area contributed by atoms with Gasteiger partial charge < -0.3 is 10.1 Å². The molecule has 0 radical (unpaired) electrons. The Balaban J connectivity index is 0.000000644. The van der Waals surface area contributed by atoms with Gasteiger partial charge in [-0.1, -0.05) is 60.7 Å². The quantitative estimate of drug-likeness (QED) is 0.844. The average molecular weight is 362 g/mol. The molecule has 2 aromatic rings. The van der Waals surface area contributed by atoms with E-state index in [1.54, 1.807) is 0 Å². The molecule has 0 aliphatic carbocycles. The zero-order valence-corrected chi connectivity index (χ0v) is 13.5. The van der Waals surface area contributed by atoms with Crippen molar-refractivity contribution in [2.45, 2.75) is 26.9 Å². The van der Waals surface area contributed by atoms with Gasteiger partial charge in [0.25, 0.3) is 0 Å². The van der Waals surface area contributed by atoms with Crippen LogP contribution in [-0.2, 0) is 38.3 Å². The molecule has 0 aliphatic rings. The van der Waals surface area contributed by atoms with E-state index in [1.165, 1.54) is 25.0 Å². The van der Waals surface area contributed by atoms with Crippen LogP contribution in [-0.4, -0.2) is 5.78 Å². The minimum absolute atomic E-state index is 0. The van der Waals surface area contributed by atoms with Gasteiger partial charge in [-0.05, 0) is 25.0 Å². The van der Waals surface area contributed by atoms with Crippen LogP contribution in [0, 0.1) is 0 Å². The number of carbonyl (C=O) groups is 1. The summed E-state index contributed by atoms with van der Waals surface area (Å²) in [5.74, 6) is 0.167. The van der Waals surface area contributed by atoms with Crippen LogP contribution in [0.25, 0.3) is 0 Å². The van der Waals surface area contributed by atoms with Crippen LogP contribution in [0.15, 0.2) is 60.7 Å². The molecule has 1 N–H and O–H groups in total.